The summed E-state index contributed by atoms with van der Waals surface area (Å²) in [6.45, 7) is 2.59. The minimum Gasteiger partial charge on any atom is -0.349 e. The zero-order chi connectivity index (χ0) is 22.3. The van der Waals surface area contributed by atoms with Gasteiger partial charge in [-0.25, -0.2) is 0 Å². The van der Waals surface area contributed by atoms with Crippen molar-refractivity contribution >= 4 is 28.4 Å². The summed E-state index contributed by atoms with van der Waals surface area (Å²) in [7, 11) is 1.78. The molecular formula is C22H19ClF3N3O2. The fourth-order valence-electron chi connectivity index (χ4n) is 5.10. The van der Waals surface area contributed by atoms with E-state index in [4.69, 9.17) is 11.6 Å². The molecule has 2 atom stereocenters. The number of nitrogens with one attached hydrogen (secondary N) is 1. The second-order valence-electron chi connectivity index (χ2n) is 8.65. The maximum Gasteiger partial charge on any atom is 0.416 e. The van der Waals surface area contributed by atoms with Crippen molar-refractivity contribution in [2.75, 3.05) is 13.1 Å². The van der Waals surface area contributed by atoms with Crippen molar-refractivity contribution in [2.24, 2.45) is 13.0 Å². The Morgan fingerprint density at radius 1 is 1.29 bits per heavy atom. The standard InChI is InChI=1S/C22H19ClF3N3O2/c1-11-7-27-19(30)17-16(9-28(2)18(11)17)20(31)29-8-14-6-21(14,10-29)12-3-13(22(24,25)26)5-15(23)4-12/h3-5,7,9,14H,6,8,10H2,1-2H3,(H,27,30). The van der Waals surface area contributed by atoms with Crippen LogP contribution in [0.3, 0.4) is 0 Å². The van der Waals surface area contributed by atoms with E-state index in [1.165, 1.54) is 0 Å². The highest BCUT2D eigenvalue weighted by Gasteiger charge is 2.62. The Hall–Kier alpha value is -2.74. The van der Waals surface area contributed by atoms with Crippen molar-refractivity contribution in [3.8, 4) is 0 Å². The summed E-state index contributed by atoms with van der Waals surface area (Å²) >= 11 is 5.99. The van der Waals surface area contributed by atoms with Gasteiger partial charge in [0.15, 0.2) is 0 Å². The number of amides is 1. The van der Waals surface area contributed by atoms with Gasteiger partial charge in [0.2, 0.25) is 0 Å². The van der Waals surface area contributed by atoms with Gasteiger partial charge in [0.25, 0.3) is 11.5 Å². The third kappa shape index (κ3) is 2.99. The number of hydrogen-bond acceptors (Lipinski definition) is 2. The summed E-state index contributed by atoms with van der Waals surface area (Å²) in [5, 5.41) is 0.370. The highest BCUT2D eigenvalue weighted by molar-refractivity contribution is 6.30. The molecule has 0 spiro atoms. The number of aryl methyl sites for hydroxylation is 2. The number of alkyl halides is 3. The van der Waals surface area contributed by atoms with E-state index in [2.05, 4.69) is 4.98 Å². The Kier molecular flexibility index (Phi) is 4.16. The zero-order valence-corrected chi connectivity index (χ0v) is 17.6. The molecule has 5 nitrogen and oxygen atoms in total. The van der Waals surface area contributed by atoms with E-state index in [0.29, 0.717) is 41.5 Å². The van der Waals surface area contributed by atoms with Crippen LogP contribution in [0.25, 0.3) is 10.9 Å². The molecule has 1 saturated carbocycles. The van der Waals surface area contributed by atoms with Crippen molar-refractivity contribution in [3.05, 3.63) is 68.2 Å². The first kappa shape index (κ1) is 20.2. The topological polar surface area (TPSA) is 58.1 Å². The fourth-order valence-corrected chi connectivity index (χ4v) is 5.34. The van der Waals surface area contributed by atoms with Gasteiger partial charge in [-0.15, -0.1) is 0 Å². The molecule has 3 aromatic rings. The Balaban J connectivity index is 1.50. The molecule has 1 aliphatic carbocycles. The summed E-state index contributed by atoms with van der Waals surface area (Å²) in [5.74, 6) is -0.211. The van der Waals surface area contributed by atoms with Crippen molar-refractivity contribution in [1.29, 1.82) is 0 Å². The molecule has 1 aliphatic heterocycles. The zero-order valence-electron chi connectivity index (χ0n) is 16.8. The summed E-state index contributed by atoms with van der Waals surface area (Å²) in [4.78, 5) is 30.1. The van der Waals surface area contributed by atoms with Crippen molar-refractivity contribution in [2.45, 2.75) is 24.9 Å². The fraction of sp³-hybridized carbons (Fsp3) is 0.364. The number of H-pyrrole nitrogens is 1. The van der Waals surface area contributed by atoms with Crippen LogP contribution in [0, 0.1) is 12.8 Å². The minimum absolute atomic E-state index is 0.0330. The lowest BCUT2D eigenvalue weighted by molar-refractivity contribution is -0.137. The molecule has 1 N–H and O–H groups in total. The summed E-state index contributed by atoms with van der Waals surface area (Å²) in [6.07, 6.45) is -0.524. The average molecular weight is 450 g/mol. The molecule has 3 heterocycles. The number of halogens is 4. The van der Waals surface area contributed by atoms with Gasteiger partial charge in [-0.2, -0.15) is 13.2 Å². The molecule has 2 aromatic heterocycles. The van der Waals surface area contributed by atoms with E-state index in [-0.39, 0.29) is 22.4 Å². The lowest BCUT2D eigenvalue weighted by Crippen LogP contribution is -2.33. The summed E-state index contributed by atoms with van der Waals surface area (Å²) < 4.78 is 41.5. The molecule has 5 rings (SSSR count). The van der Waals surface area contributed by atoms with Crippen LogP contribution in [0.5, 0.6) is 0 Å². The molecule has 0 radical (unpaired) electrons. The van der Waals surface area contributed by atoms with Gasteiger partial charge in [0, 0.05) is 43.0 Å². The highest BCUT2D eigenvalue weighted by atomic mass is 35.5. The number of benzene rings is 1. The van der Waals surface area contributed by atoms with Crippen LogP contribution in [0.1, 0.15) is 33.5 Å². The maximum absolute atomic E-state index is 13.3. The van der Waals surface area contributed by atoms with Crippen LogP contribution in [-0.2, 0) is 18.6 Å². The van der Waals surface area contributed by atoms with Crippen molar-refractivity contribution < 1.29 is 18.0 Å². The number of carbonyl (C=O) groups excluding carboxylic acids is 1. The van der Waals surface area contributed by atoms with E-state index < -0.39 is 17.2 Å². The number of aromatic amines is 1. The molecule has 31 heavy (non-hydrogen) atoms. The predicted molar refractivity (Wildman–Crippen MR) is 110 cm³/mol. The largest absolute Gasteiger partial charge is 0.416 e. The van der Waals surface area contributed by atoms with Crippen molar-refractivity contribution in [3.63, 3.8) is 0 Å². The van der Waals surface area contributed by atoms with Gasteiger partial charge in [-0.1, -0.05) is 11.6 Å². The van der Waals surface area contributed by atoms with Gasteiger partial charge >= 0.3 is 6.18 Å². The lowest BCUT2D eigenvalue weighted by Gasteiger charge is -2.22. The van der Waals surface area contributed by atoms with E-state index in [9.17, 15) is 22.8 Å². The van der Waals surface area contributed by atoms with E-state index >= 15 is 0 Å². The summed E-state index contributed by atoms with van der Waals surface area (Å²) in [6, 6.07) is 3.63. The van der Waals surface area contributed by atoms with E-state index in [1.807, 2.05) is 6.92 Å². The number of likely N-dealkylation sites (tertiary alicyclic amines) is 1. The third-order valence-corrected chi connectivity index (χ3v) is 6.88. The van der Waals surface area contributed by atoms with Crippen LogP contribution in [0.2, 0.25) is 5.02 Å². The van der Waals surface area contributed by atoms with Gasteiger partial charge in [-0.05, 0) is 48.6 Å². The SMILES string of the molecule is Cc1c[nH]c(=O)c2c(C(=O)N3CC4CC4(c4cc(Cl)cc(C(F)(F)F)c4)C3)cn(C)c12. The van der Waals surface area contributed by atoms with Crippen LogP contribution in [-0.4, -0.2) is 33.4 Å². The Labute approximate surface area is 180 Å². The molecular weight excluding hydrogens is 431 g/mol. The molecule has 9 heteroatoms. The Morgan fingerprint density at radius 2 is 2.03 bits per heavy atom. The Morgan fingerprint density at radius 3 is 2.74 bits per heavy atom. The van der Waals surface area contributed by atoms with Gasteiger partial charge in [0.05, 0.1) is 22.0 Å². The average Bonchev–Trinajstić information content (AvgIpc) is 3.08. The molecule has 1 saturated heterocycles. The number of pyridine rings is 1. The Bertz CT molecular complexity index is 1310. The van der Waals surface area contributed by atoms with Gasteiger partial charge < -0.3 is 14.5 Å². The number of rotatable bonds is 2. The molecule has 2 fully saturated rings. The van der Waals surface area contributed by atoms with Crippen molar-refractivity contribution in [1.82, 2.24) is 14.5 Å². The molecule has 2 unspecified atom stereocenters. The quantitative estimate of drug-likeness (QED) is 0.635. The molecule has 1 amide bonds. The smallest absolute Gasteiger partial charge is 0.349 e. The lowest BCUT2D eigenvalue weighted by atomic mass is 9.93. The highest BCUT2D eigenvalue weighted by Crippen LogP contribution is 2.60. The molecule has 0 bridgehead atoms. The van der Waals surface area contributed by atoms with Crippen LogP contribution in [0.15, 0.2) is 35.4 Å². The van der Waals surface area contributed by atoms with Gasteiger partial charge in [-0.3, -0.25) is 9.59 Å². The first-order valence-corrected chi connectivity index (χ1v) is 10.2. The number of carbonyl (C=O) groups is 1. The molecule has 162 valence electrons. The first-order valence-electron chi connectivity index (χ1n) is 9.86. The minimum atomic E-state index is -4.49. The molecule has 1 aromatic carbocycles. The number of nitrogens with zero attached hydrogens (tertiary/aromatic N) is 2. The van der Waals surface area contributed by atoms with E-state index in [1.54, 1.807) is 35.0 Å². The molecule has 2 aliphatic rings. The van der Waals surface area contributed by atoms with E-state index in [0.717, 1.165) is 17.7 Å². The van der Waals surface area contributed by atoms with Crippen LogP contribution >= 0.6 is 11.6 Å². The second kappa shape index (κ2) is 6.38. The monoisotopic (exact) mass is 449 g/mol. The third-order valence-electron chi connectivity index (χ3n) is 6.67. The van der Waals surface area contributed by atoms with Crippen LogP contribution in [0.4, 0.5) is 13.2 Å². The maximum atomic E-state index is 13.3. The number of piperidine rings is 1. The normalized spacial score (nSPS) is 22.8. The first-order chi connectivity index (χ1) is 14.5. The predicted octanol–water partition coefficient (Wildman–Crippen LogP) is 4.26. The second-order valence-corrected chi connectivity index (χ2v) is 9.08. The number of hydrogen-bond donors (Lipinski definition) is 1. The number of aromatic nitrogens is 2. The number of fused-ring (bicyclic) bond motifs is 2. The van der Waals surface area contributed by atoms with Gasteiger partial charge in [0.1, 0.15) is 0 Å². The van der Waals surface area contributed by atoms with Crippen LogP contribution < -0.4 is 5.56 Å². The summed E-state index contributed by atoms with van der Waals surface area (Å²) in [5.41, 5.74) is 0.712.